The van der Waals surface area contributed by atoms with Crippen molar-refractivity contribution in [3.63, 3.8) is 0 Å². The first-order valence-electron chi connectivity index (χ1n) is 7.22. The number of piperidine rings is 1. The lowest BCUT2D eigenvalue weighted by Crippen LogP contribution is -2.43. The van der Waals surface area contributed by atoms with E-state index in [1.165, 1.54) is 0 Å². The van der Waals surface area contributed by atoms with E-state index < -0.39 is 0 Å². The number of rotatable bonds is 3. The average Bonchev–Trinajstić information content (AvgIpc) is 2.42. The lowest BCUT2D eigenvalue weighted by atomic mass is 9.96. The van der Waals surface area contributed by atoms with Gasteiger partial charge in [-0.15, -0.1) is 0 Å². The molecule has 1 aromatic heterocycles. The fourth-order valence-corrected chi connectivity index (χ4v) is 2.47. The maximum absolute atomic E-state index is 10.1. The van der Waals surface area contributed by atoms with Gasteiger partial charge in [0.2, 0.25) is 0 Å². The molecule has 0 aromatic carbocycles. The Labute approximate surface area is 120 Å². The molecule has 4 N–H and O–H groups in total. The Morgan fingerprint density at radius 1 is 1.40 bits per heavy atom. The highest BCUT2D eigenvalue weighted by molar-refractivity contribution is 5.58. The minimum atomic E-state index is -0.310. The van der Waals surface area contributed by atoms with Crippen LogP contribution in [0.2, 0.25) is 0 Å². The van der Waals surface area contributed by atoms with E-state index >= 15 is 0 Å². The molecule has 0 saturated carbocycles. The van der Waals surface area contributed by atoms with Gasteiger partial charge in [-0.2, -0.15) is 0 Å². The Bertz CT molecular complexity index is 477. The SMILES string of the molecule is Cc1c(NN)nc(C(C)C)nc1N1CCC(C)C(O)C1. The Morgan fingerprint density at radius 2 is 2.10 bits per heavy atom. The van der Waals surface area contributed by atoms with Crippen LogP contribution in [0.4, 0.5) is 11.6 Å². The molecule has 0 radical (unpaired) electrons. The number of hydrazine groups is 1. The minimum absolute atomic E-state index is 0.232. The van der Waals surface area contributed by atoms with Crippen molar-refractivity contribution in [2.45, 2.75) is 46.1 Å². The summed E-state index contributed by atoms with van der Waals surface area (Å²) in [6, 6.07) is 0. The highest BCUT2D eigenvalue weighted by Gasteiger charge is 2.27. The molecule has 1 aliphatic heterocycles. The molecule has 2 rings (SSSR count). The van der Waals surface area contributed by atoms with Crippen molar-refractivity contribution in [2.24, 2.45) is 11.8 Å². The number of nitrogens with two attached hydrogens (primary N) is 1. The van der Waals surface area contributed by atoms with Crippen molar-refractivity contribution in [1.82, 2.24) is 9.97 Å². The number of aliphatic hydroxyl groups is 1. The Kier molecular flexibility index (Phi) is 4.45. The van der Waals surface area contributed by atoms with Crippen LogP contribution in [-0.4, -0.2) is 34.3 Å². The Hall–Kier alpha value is -1.40. The van der Waals surface area contributed by atoms with Gasteiger partial charge < -0.3 is 15.4 Å². The van der Waals surface area contributed by atoms with Gasteiger partial charge in [-0.3, -0.25) is 0 Å². The molecule has 1 aliphatic rings. The summed E-state index contributed by atoms with van der Waals surface area (Å²) in [4.78, 5) is 11.2. The lowest BCUT2D eigenvalue weighted by molar-refractivity contribution is 0.102. The third-order valence-electron chi connectivity index (χ3n) is 4.01. The number of hydrogen-bond donors (Lipinski definition) is 3. The van der Waals surface area contributed by atoms with Gasteiger partial charge in [0.15, 0.2) is 0 Å². The van der Waals surface area contributed by atoms with E-state index in [-0.39, 0.29) is 12.0 Å². The monoisotopic (exact) mass is 279 g/mol. The molecule has 1 saturated heterocycles. The molecule has 20 heavy (non-hydrogen) atoms. The summed E-state index contributed by atoms with van der Waals surface area (Å²) in [5, 5.41) is 10.1. The molecule has 0 aliphatic carbocycles. The summed E-state index contributed by atoms with van der Waals surface area (Å²) in [6.07, 6.45) is 0.655. The number of hydrogen-bond acceptors (Lipinski definition) is 6. The Balaban J connectivity index is 2.37. The molecule has 2 atom stereocenters. The van der Waals surface area contributed by atoms with Gasteiger partial charge >= 0.3 is 0 Å². The van der Waals surface area contributed by atoms with Crippen LogP contribution in [0, 0.1) is 12.8 Å². The van der Waals surface area contributed by atoms with Crippen molar-refractivity contribution in [3.05, 3.63) is 11.4 Å². The second kappa shape index (κ2) is 5.93. The van der Waals surface area contributed by atoms with E-state index in [0.717, 1.165) is 30.2 Å². The fraction of sp³-hybridized carbons (Fsp3) is 0.714. The Morgan fingerprint density at radius 3 is 2.65 bits per heavy atom. The van der Waals surface area contributed by atoms with Crippen LogP contribution < -0.4 is 16.2 Å². The number of nitrogen functional groups attached to an aromatic ring is 1. The van der Waals surface area contributed by atoms with E-state index in [0.29, 0.717) is 18.3 Å². The van der Waals surface area contributed by atoms with E-state index in [1.54, 1.807) is 0 Å². The highest BCUT2D eigenvalue weighted by atomic mass is 16.3. The number of β-amino-alcohol motifs (C(OH)–C–C–N with tert-alkyl or cyclic N) is 1. The first-order chi connectivity index (χ1) is 9.43. The smallest absolute Gasteiger partial charge is 0.148 e. The van der Waals surface area contributed by atoms with Crippen molar-refractivity contribution in [3.8, 4) is 0 Å². The van der Waals surface area contributed by atoms with Gasteiger partial charge in [-0.25, -0.2) is 15.8 Å². The van der Waals surface area contributed by atoms with Gasteiger partial charge in [0.05, 0.1) is 6.10 Å². The maximum atomic E-state index is 10.1. The second-order valence-electron chi connectivity index (χ2n) is 5.96. The first-order valence-corrected chi connectivity index (χ1v) is 7.22. The molecule has 2 unspecified atom stereocenters. The van der Waals surface area contributed by atoms with Crippen LogP contribution in [0.1, 0.15) is 44.5 Å². The van der Waals surface area contributed by atoms with Crippen LogP contribution in [0.15, 0.2) is 0 Å². The topological polar surface area (TPSA) is 87.3 Å². The second-order valence-corrected chi connectivity index (χ2v) is 5.96. The van der Waals surface area contributed by atoms with Crippen molar-refractivity contribution >= 4 is 11.6 Å². The summed E-state index contributed by atoms with van der Waals surface area (Å²) >= 11 is 0. The maximum Gasteiger partial charge on any atom is 0.148 e. The summed E-state index contributed by atoms with van der Waals surface area (Å²) in [7, 11) is 0. The number of nitrogens with one attached hydrogen (secondary N) is 1. The molecule has 6 nitrogen and oxygen atoms in total. The van der Waals surface area contributed by atoms with Crippen LogP contribution in [0.25, 0.3) is 0 Å². The predicted molar refractivity (Wildman–Crippen MR) is 80.7 cm³/mol. The zero-order valence-corrected chi connectivity index (χ0v) is 12.7. The first kappa shape index (κ1) is 15.0. The van der Waals surface area contributed by atoms with Gasteiger partial charge in [-0.05, 0) is 19.3 Å². The molecule has 0 spiro atoms. The number of anilines is 2. The van der Waals surface area contributed by atoms with Crippen LogP contribution in [0.5, 0.6) is 0 Å². The molecule has 2 heterocycles. The van der Waals surface area contributed by atoms with E-state index in [2.05, 4.69) is 41.1 Å². The summed E-state index contributed by atoms with van der Waals surface area (Å²) < 4.78 is 0. The normalized spacial score (nSPS) is 23.2. The number of aromatic nitrogens is 2. The van der Waals surface area contributed by atoms with Crippen LogP contribution in [-0.2, 0) is 0 Å². The van der Waals surface area contributed by atoms with Crippen LogP contribution in [0.3, 0.4) is 0 Å². The van der Waals surface area contributed by atoms with Gasteiger partial charge in [0, 0.05) is 24.6 Å². The largest absolute Gasteiger partial charge is 0.391 e. The van der Waals surface area contributed by atoms with Crippen molar-refractivity contribution < 1.29 is 5.11 Å². The molecular formula is C14H25N5O. The van der Waals surface area contributed by atoms with Crippen LogP contribution >= 0.6 is 0 Å². The van der Waals surface area contributed by atoms with Crippen molar-refractivity contribution in [2.75, 3.05) is 23.4 Å². The highest BCUT2D eigenvalue weighted by Crippen LogP contribution is 2.29. The molecular weight excluding hydrogens is 254 g/mol. The van der Waals surface area contributed by atoms with Gasteiger partial charge in [-0.1, -0.05) is 20.8 Å². The molecule has 112 valence electrons. The van der Waals surface area contributed by atoms with Gasteiger partial charge in [0.1, 0.15) is 17.5 Å². The van der Waals surface area contributed by atoms with E-state index in [1.807, 2.05) is 6.92 Å². The van der Waals surface area contributed by atoms with E-state index in [4.69, 9.17) is 5.84 Å². The zero-order valence-electron chi connectivity index (χ0n) is 12.7. The van der Waals surface area contributed by atoms with Crippen molar-refractivity contribution in [1.29, 1.82) is 0 Å². The van der Waals surface area contributed by atoms with Gasteiger partial charge in [0.25, 0.3) is 0 Å². The molecule has 0 amide bonds. The predicted octanol–water partition coefficient (Wildman–Crippen LogP) is 1.40. The fourth-order valence-electron chi connectivity index (χ4n) is 2.47. The summed E-state index contributed by atoms with van der Waals surface area (Å²) in [6.45, 7) is 9.67. The summed E-state index contributed by atoms with van der Waals surface area (Å²) in [5.74, 6) is 8.44. The molecule has 6 heteroatoms. The third-order valence-corrected chi connectivity index (χ3v) is 4.01. The lowest BCUT2D eigenvalue weighted by Gasteiger charge is -2.36. The van der Waals surface area contributed by atoms with E-state index in [9.17, 15) is 5.11 Å². The zero-order chi connectivity index (χ0) is 14.9. The quantitative estimate of drug-likeness (QED) is 0.572. The molecule has 1 aromatic rings. The average molecular weight is 279 g/mol. The minimum Gasteiger partial charge on any atom is -0.391 e. The third kappa shape index (κ3) is 2.86. The molecule has 1 fully saturated rings. The number of nitrogens with zero attached hydrogens (tertiary/aromatic N) is 3. The summed E-state index contributed by atoms with van der Waals surface area (Å²) in [5.41, 5.74) is 3.58. The standard InChI is InChI=1S/C14H25N5O/c1-8(2)12-16-13(18-15)10(4)14(17-12)19-6-5-9(3)11(20)7-19/h8-9,11,20H,5-7,15H2,1-4H3,(H,16,17,18). The molecule has 0 bridgehead atoms. The number of aliphatic hydroxyl groups excluding tert-OH is 1.